The molecule has 2 saturated heterocycles. The summed E-state index contributed by atoms with van der Waals surface area (Å²) in [5.41, 5.74) is 4.43. The fourth-order valence-electron chi connectivity index (χ4n) is 5.43. The number of piperidine rings is 1. The van der Waals surface area contributed by atoms with E-state index in [-0.39, 0.29) is 23.7 Å². The van der Waals surface area contributed by atoms with Gasteiger partial charge in [0.15, 0.2) is 0 Å². The molecule has 5 rings (SSSR count). The molecule has 2 aliphatic rings. The van der Waals surface area contributed by atoms with Crippen LogP contribution in [-0.4, -0.2) is 48.3 Å². The fraction of sp³-hybridized carbons (Fsp3) is 0.412. The van der Waals surface area contributed by atoms with Crippen molar-refractivity contribution < 1.29 is 23.6 Å². The van der Waals surface area contributed by atoms with E-state index in [4.69, 9.17) is 14.0 Å². The first-order valence-corrected chi connectivity index (χ1v) is 14.9. The Morgan fingerprint density at radius 2 is 1.50 bits per heavy atom. The van der Waals surface area contributed by atoms with Crippen molar-refractivity contribution in [1.82, 2.24) is 10.2 Å². The van der Waals surface area contributed by atoms with Crippen LogP contribution in [0, 0.1) is 0 Å². The van der Waals surface area contributed by atoms with Gasteiger partial charge in [-0.1, -0.05) is 78.9 Å². The second kappa shape index (κ2) is 12.7. The number of nitrogens with one attached hydrogen (secondary N) is 1. The van der Waals surface area contributed by atoms with E-state index in [2.05, 4.69) is 17.4 Å². The number of nitrogens with zero attached hydrogens (tertiary/aromatic N) is 1. The van der Waals surface area contributed by atoms with Gasteiger partial charge >= 0.3 is 13.2 Å². The smallest absolute Gasteiger partial charge is 0.445 e. The van der Waals surface area contributed by atoms with E-state index in [1.807, 2.05) is 99.3 Å². The molecule has 220 valence electrons. The summed E-state index contributed by atoms with van der Waals surface area (Å²) in [7, 11) is -0.401. The molecule has 2 heterocycles. The van der Waals surface area contributed by atoms with E-state index in [0.29, 0.717) is 18.9 Å². The summed E-state index contributed by atoms with van der Waals surface area (Å²) in [6.07, 6.45) is 1.79. The van der Waals surface area contributed by atoms with Crippen LogP contribution < -0.4 is 10.8 Å². The average molecular weight is 569 g/mol. The third kappa shape index (κ3) is 7.23. The molecule has 0 spiro atoms. The Morgan fingerprint density at radius 1 is 0.857 bits per heavy atom. The standard InChI is InChI=1S/C34H41BN2O5/c1-33(2)34(3,4)42-35(41-33)30-15-13-25(14-16-30)22-31(38)37-19-17-28(18-20-37)29-12-8-11-27(21-29)23-36-32(39)40-24-26-9-6-5-7-10-26/h5-16,21,28H,17-20,22-24H2,1-4H3,(H,36,39). The van der Waals surface area contributed by atoms with Crippen LogP contribution in [0.4, 0.5) is 4.79 Å². The minimum absolute atomic E-state index is 0.156. The van der Waals surface area contributed by atoms with Crippen LogP contribution in [0.1, 0.15) is 68.7 Å². The summed E-state index contributed by atoms with van der Waals surface area (Å²) in [4.78, 5) is 27.2. The molecular formula is C34H41BN2O5. The largest absolute Gasteiger partial charge is 0.494 e. The van der Waals surface area contributed by atoms with Crippen LogP contribution in [0.25, 0.3) is 0 Å². The number of hydrogen-bond acceptors (Lipinski definition) is 5. The lowest BCUT2D eigenvalue weighted by Crippen LogP contribution is -2.41. The zero-order chi connectivity index (χ0) is 29.7. The van der Waals surface area contributed by atoms with Crippen LogP contribution in [0.3, 0.4) is 0 Å². The second-order valence-corrected chi connectivity index (χ2v) is 12.3. The normalized spacial score (nSPS) is 18.1. The summed E-state index contributed by atoms with van der Waals surface area (Å²) in [6.45, 7) is 10.3. The molecule has 7 nitrogen and oxygen atoms in total. The Hall–Kier alpha value is -3.62. The molecule has 3 aromatic rings. The van der Waals surface area contributed by atoms with E-state index in [9.17, 15) is 9.59 Å². The molecule has 42 heavy (non-hydrogen) atoms. The van der Waals surface area contributed by atoms with E-state index in [0.717, 1.165) is 48.1 Å². The lowest BCUT2D eigenvalue weighted by atomic mass is 9.79. The monoisotopic (exact) mass is 568 g/mol. The second-order valence-electron chi connectivity index (χ2n) is 12.3. The number of likely N-dealkylation sites (tertiary alicyclic amines) is 1. The third-order valence-corrected chi connectivity index (χ3v) is 8.78. The predicted molar refractivity (Wildman–Crippen MR) is 164 cm³/mol. The van der Waals surface area contributed by atoms with Crippen LogP contribution in [0.15, 0.2) is 78.9 Å². The molecule has 0 aliphatic carbocycles. The average Bonchev–Trinajstić information content (AvgIpc) is 3.22. The van der Waals surface area contributed by atoms with E-state index < -0.39 is 13.2 Å². The van der Waals surface area contributed by atoms with Gasteiger partial charge in [-0.05, 0) is 74.2 Å². The summed E-state index contributed by atoms with van der Waals surface area (Å²) in [5.74, 6) is 0.544. The van der Waals surface area contributed by atoms with Gasteiger partial charge in [0.05, 0.1) is 17.6 Å². The van der Waals surface area contributed by atoms with Gasteiger partial charge in [-0.3, -0.25) is 4.79 Å². The van der Waals surface area contributed by atoms with Gasteiger partial charge in [-0.15, -0.1) is 0 Å². The van der Waals surface area contributed by atoms with Crippen molar-refractivity contribution in [1.29, 1.82) is 0 Å². The highest BCUT2D eigenvalue weighted by Crippen LogP contribution is 2.36. The summed E-state index contributed by atoms with van der Waals surface area (Å²) in [6, 6.07) is 26.0. The maximum atomic E-state index is 13.1. The quantitative estimate of drug-likeness (QED) is 0.371. The number of alkyl carbamates (subject to hydrolysis) is 1. The maximum Gasteiger partial charge on any atom is 0.494 e. The molecule has 0 atom stereocenters. The van der Waals surface area contributed by atoms with Gasteiger partial charge in [-0.25, -0.2) is 4.79 Å². The number of benzene rings is 3. The van der Waals surface area contributed by atoms with Crippen molar-refractivity contribution >= 4 is 24.6 Å². The van der Waals surface area contributed by atoms with Crippen molar-refractivity contribution in [2.45, 2.75) is 77.2 Å². The van der Waals surface area contributed by atoms with Crippen LogP contribution in [0.5, 0.6) is 0 Å². The SMILES string of the molecule is CC1(C)OB(c2ccc(CC(=O)N3CCC(c4cccc(CNC(=O)OCc5ccccc5)c4)CC3)cc2)OC1(C)C. The van der Waals surface area contributed by atoms with Crippen molar-refractivity contribution in [3.05, 3.63) is 101 Å². The first kappa shape index (κ1) is 29.9. The molecule has 2 amide bonds. The van der Waals surface area contributed by atoms with Crippen molar-refractivity contribution in [3.8, 4) is 0 Å². The van der Waals surface area contributed by atoms with E-state index in [1.54, 1.807) is 0 Å². The molecule has 2 aliphatic heterocycles. The highest BCUT2D eigenvalue weighted by Gasteiger charge is 2.51. The van der Waals surface area contributed by atoms with E-state index in [1.165, 1.54) is 5.56 Å². The Balaban J connectivity index is 1.07. The Morgan fingerprint density at radius 3 is 2.17 bits per heavy atom. The molecule has 0 unspecified atom stereocenters. The molecular weight excluding hydrogens is 527 g/mol. The van der Waals surface area contributed by atoms with Gasteiger partial charge in [0.2, 0.25) is 5.91 Å². The van der Waals surface area contributed by atoms with Gasteiger partial charge < -0.3 is 24.3 Å². The molecule has 0 aromatic heterocycles. The zero-order valence-electron chi connectivity index (χ0n) is 25.1. The van der Waals surface area contributed by atoms with Crippen LogP contribution in [0.2, 0.25) is 0 Å². The lowest BCUT2D eigenvalue weighted by Gasteiger charge is -2.32. The van der Waals surface area contributed by atoms with Crippen LogP contribution >= 0.6 is 0 Å². The molecule has 1 N–H and O–H groups in total. The van der Waals surface area contributed by atoms with Crippen LogP contribution in [-0.2, 0) is 38.4 Å². The summed E-state index contributed by atoms with van der Waals surface area (Å²) >= 11 is 0. The zero-order valence-corrected chi connectivity index (χ0v) is 25.1. The van der Waals surface area contributed by atoms with Crippen molar-refractivity contribution in [3.63, 3.8) is 0 Å². The Kier molecular flexibility index (Phi) is 9.04. The van der Waals surface area contributed by atoms with Gasteiger partial charge in [0.25, 0.3) is 0 Å². The van der Waals surface area contributed by atoms with Crippen molar-refractivity contribution in [2.75, 3.05) is 13.1 Å². The van der Waals surface area contributed by atoms with Gasteiger partial charge in [0.1, 0.15) is 6.61 Å². The molecule has 0 bridgehead atoms. The number of ether oxygens (including phenoxy) is 1. The molecule has 8 heteroatoms. The Labute approximate surface area is 249 Å². The number of carbonyl (C=O) groups is 2. The fourth-order valence-corrected chi connectivity index (χ4v) is 5.43. The highest BCUT2D eigenvalue weighted by atomic mass is 16.7. The van der Waals surface area contributed by atoms with Gasteiger partial charge in [0, 0.05) is 19.6 Å². The molecule has 0 radical (unpaired) electrons. The predicted octanol–water partition coefficient (Wildman–Crippen LogP) is 5.36. The summed E-state index contributed by atoms with van der Waals surface area (Å²) in [5, 5.41) is 2.84. The number of amides is 2. The number of carbonyl (C=O) groups excluding carboxylic acids is 2. The molecule has 2 fully saturated rings. The number of hydrogen-bond donors (Lipinski definition) is 1. The first-order valence-electron chi connectivity index (χ1n) is 14.9. The minimum atomic E-state index is -0.432. The van der Waals surface area contributed by atoms with E-state index >= 15 is 0 Å². The topological polar surface area (TPSA) is 77.1 Å². The summed E-state index contributed by atoms with van der Waals surface area (Å²) < 4.78 is 17.6. The highest BCUT2D eigenvalue weighted by molar-refractivity contribution is 6.62. The Bertz CT molecular complexity index is 1350. The minimum Gasteiger partial charge on any atom is -0.445 e. The van der Waals surface area contributed by atoms with Gasteiger partial charge in [-0.2, -0.15) is 0 Å². The lowest BCUT2D eigenvalue weighted by molar-refractivity contribution is -0.131. The molecule has 3 aromatic carbocycles. The number of rotatable bonds is 8. The molecule has 0 saturated carbocycles. The maximum absolute atomic E-state index is 13.1. The first-order chi connectivity index (χ1) is 20.1. The third-order valence-electron chi connectivity index (χ3n) is 8.78. The van der Waals surface area contributed by atoms with Crippen molar-refractivity contribution in [2.24, 2.45) is 0 Å².